The van der Waals surface area contributed by atoms with Crippen molar-refractivity contribution in [2.45, 2.75) is 58.5 Å². The molecule has 0 fully saturated rings. The second kappa shape index (κ2) is 12.6. The van der Waals surface area contributed by atoms with Gasteiger partial charge in [-0.05, 0) is 36.8 Å². The summed E-state index contributed by atoms with van der Waals surface area (Å²) in [7, 11) is 0. The highest BCUT2D eigenvalue weighted by Crippen LogP contribution is 2.30. The molecule has 2 rings (SSSR count). The highest BCUT2D eigenvalue weighted by Gasteiger charge is 2.38. The minimum atomic E-state index is -5.08. The number of nitrogens with zero attached hydrogens (tertiary/aromatic N) is 3. The first-order chi connectivity index (χ1) is 14.9. The van der Waals surface area contributed by atoms with Gasteiger partial charge >= 0.3 is 18.1 Å². The van der Waals surface area contributed by atoms with E-state index in [1.54, 1.807) is 6.20 Å². The van der Waals surface area contributed by atoms with Crippen LogP contribution < -0.4 is 5.32 Å². The number of aryl methyl sites for hydroxylation is 1. The van der Waals surface area contributed by atoms with Gasteiger partial charge < -0.3 is 20.1 Å². The Bertz CT molecular complexity index is 845. The average molecular weight is 460 g/mol. The largest absolute Gasteiger partial charge is 0.490 e. The van der Waals surface area contributed by atoms with Crippen LogP contribution in [0.3, 0.4) is 0 Å². The molecule has 0 saturated carbocycles. The predicted octanol–water partition coefficient (Wildman–Crippen LogP) is 3.97. The van der Waals surface area contributed by atoms with Crippen LogP contribution in [0.25, 0.3) is 0 Å². The Morgan fingerprint density at radius 1 is 1.19 bits per heavy atom. The summed E-state index contributed by atoms with van der Waals surface area (Å²) >= 11 is 0. The highest BCUT2D eigenvalue weighted by molar-refractivity contribution is 5.73. The molecule has 3 N–H and O–H groups in total. The van der Waals surface area contributed by atoms with Crippen molar-refractivity contribution in [2.24, 2.45) is 5.41 Å². The number of aliphatic carboxylic acids is 2. The first-order valence-corrected chi connectivity index (χ1v) is 9.93. The van der Waals surface area contributed by atoms with Gasteiger partial charge in [0.05, 0.1) is 6.42 Å². The van der Waals surface area contributed by atoms with E-state index >= 15 is 0 Å². The molecule has 0 bridgehead atoms. The monoisotopic (exact) mass is 460 g/mol. The van der Waals surface area contributed by atoms with Crippen LogP contribution in [0.5, 0.6) is 0 Å². The van der Waals surface area contributed by atoms with E-state index in [1.165, 1.54) is 0 Å². The van der Waals surface area contributed by atoms with Crippen molar-refractivity contribution in [3.8, 4) is 0 Å². The zero-order valence-corrected chi connectivity index (χ0v) is 17.9. The number of halogens is 3. The predicted molar refractivity (Wildman–Crippen MR) is 108 cm³/mol. The van der Waals surface area contributed by atoms with E-state index < -0.39 is 18.1 Å². The molecule has 178 valence electrons. The molecular formula is C20H27F3N4O5. The molecule has 2 aromatic heterocycles. The fourth-order valence-electron chi connectivity index (χ4n) is 2.60. The Labute approximate surface area is 183 Å². The Morgan fingerprint density at radius 3 is 2.41 bits per heavy atom. The van der Waals surface area contributed by atoms with Crippen LogP contribution in [-0.2, 0) is 22.4 Å². The van der Waals surface area contributed by atoms with Crippen LogP contribution >= 0.6 is 0 Å². The van der Waals surface area contributed by atoms with Gasteiger partial charge in [-0.3, -0.25) is 4.79 Å². The van der Waals surface area contributed by atoms with Gasteiger partial charge in [0.15, 0.2) is 5.82 Å². The number of carboxylic acid groups (broad SMARTS) is 2. The van der Waals surface area contributed by atoms with Gasteiger partial charge in [-0.15, -0.1) is 0 Å². The summed E-state index contributed by atoms with van der Waals surface area (Å²) in [5.41, 5.74) is -0.359. The summed E-state index contributed by atoms with van der Waals surface area (Å²) in [6, 6.07) is 5.77. The minimum absolute atomic E-state index is 0.0976. The molecule has 0 aromatic carbocycles. The fraction of sp³-hybridized carbons (Fsp3) is 0.550. The molecule has 0 spiro atoms. The number of unbranched alkanes of at least 4 members (excludes halogenated alkanes) is 1. The summed E-state index contributed by atoms with van der Waals surface area (Å²) in [5.74, 6) is -1.48. The molecule has 9 nitrogen and oxygen atoms in total. The number of aromatic nitrogens is 3. The van der Waals surface area contributed by atoms with Crippen LogP contribution in [0.4, 0.5) is 19.0 Å². The Morgan fingerprint density at radius 2 is 1.88 bits per heavy atom. The van der Waals surface area contributed by atoms with E-state index in [0.717, 1.165) is 38.0 Å². The molecule has 1 atom stereocenters. The lowest BCUT2D eigenvalue weighted by molar-refractivity contribution is -0.192. The maximum atomic E-state index is 11.0. The van der Waals surface area contributed by atoms with Gasteiger partial charge in [-0.2, -0.15) is 18.2 Å². The van der Waals surface area contributed by atoms with Crippen LogP contribution in [0.2, 0.25) is 0 Å². The summed E-state index contributed by atoms with van der Waals surface area (Å²) in [6.07, 6.45) is 0.679. The number of pyridine rings is 1. The van der Waals surface area contributed by atoms with E-state index in [0.29, 0.717) is 18.1 Å². The number of carbonyl (C=O) groups is 2. The van der Waals surface area contributed by atoms with Crippen molar-refractivity contribution in [1.82, 2.24) is 15.1 Å². The summed E-state index contributed by atoms with van der Waals surface area (Å²) in [4.78, 5) is 28.5. The SMILES string of the molecule is CCC(C)(CC(=O)O)Cc1nc(CCCCNc2ccccn2)no1.O=C(O)C(F)(F)F. The van der Waals surface area contributed by atoms with Crippen molar-refractivity contribution >= 4 is 17.8 Å². The van der Waals surface area contributed by atoms with Gasteiger partial charge in [-0.1, -0.05) is 25.1 Å². The molecule has 32 heavy (non-hydrogen) atoms. The molecule has 1 unspecified atom stereocenters. The lowest BCUT2D eigenvalue weighted by atomic mass is 9.81. The maximum Gasteiger partial charge on any atom is 0.490 e. The topological polar surface area (TPSA) is 138 Å². The van der Waals surface area contributed by atoms with E-state index in [9.17, 15) is 18.0 Å². The van der Waals surface area contributed by atoms with Gasteiger partial charge in [0.2, 0.25) is 5.89 Å². The van der Waals surface area contributed by atoms with E-state index in [-0.39, 0.29) is 11.8 Å². The molecule has 2 aromatic rings. The Kier molecular flexibility index (Phi) is 10.6. The van der Waals surface area contributed by atoms with Crippen molar-refractivity contribution in [2.75, 3.05) is 11.9 Å². The smallest absolute Gasteiger partial charge is 0.481 e. The molecule has 2 heterocycles. The summed E-state index contributed by atoms with van der Waals surface area (Å²) in [5, 5.41) is 23.4. The number of alkyl halides is 3. The van der Waals surface area contributed by atoms with Crippen LogP contribution in [0, 0.1) is 5.41 Å². The van der Waals surface area contributed by atoms with Crippen LogP contribution in [0.15, 0.2) is 28.9 Å². The molecule has 0 aliphatic heterocycles. The maximum absolute atomic E-state index is 11.0. The first kappa shape index (κ1) is 26.9. The van der Waals surface area contributed by atoms with Crippen LogP contribution in [0.1, 0.15) is 51.2 Å². The van der Waals surface area contributed by atoms with Gasteiger partial charge in [-0.25, -0.2) is 9.78 Å². The zero-order chi connectivity index (χ0) is 24.2. The van der Waals surface area contributed by atoms with E-state index in [4.69, 9.17) is 19.5 Å². The van der Waals surface area contributed by atoms with Crippen molar-refractivity contribution in [3.63, 3.8) is 0 Å². The average Bonchev–Trinajstić information content (AvgIpc) is 3.14. The van der Waals surface area contributed by atoms with Gasteiger partial charge in [0, 0.05) is 25.6 Å². The minimum Gasteiger partial charge on any atom is -0.481 e. The third kappa shape index (κ3) is 10.7. The molecule has 0 aliphatic carbocycles. The molecule has 0 radical (unpaired) electrons. The lowest BCUT2D eigenvalue weighted by Gasteiger charge is -2.23. The third-order valence-corrected chi connectivity index (χ3v) is 4.56. The van der Waals surface area contributed by atoms with Crippen LogP contribution in [-0.4, -0.2) is 50.0 Å². The normalized spacial score (nSPS) is 12.9. The van der Waals surface area contributed by atoms with Crippen molar-refractivity contribution in [3.05, 3.63) is 36.1 Å². The standard InChI is InChI=1S/C18H26N4O3.C2HF3O2/c1-3-18(2,13-17(23)24)12-16-21-15(22-25-16)9-5-7-11-20-14-8-4-6-10-19-14;3-2(4,5)1(6)7/h4,6,8,10H,3,5,7,9,11-13H2,1-2H3,(H,19,20)(H,23,24);(H,6,7). The van der Waals surface area contributed by atoms with Crippen molar-refractivity contribution < 1.29 is 37.5 Å². The first-order valence-electron chi connectivity index (χ1n) is 9.93. The molecule has 0 amide bonds. The summed E-state index contributed by atoms with van der Waals surface area (Å²) < 4.78 is 37.0. The second-order valence-electron chi connectivity index (χ2n) is 7.42. The van der Waals surface area contributed by atoms with Crippen molar-refractivity contribution in [1.29, 1.82) is 0 Å². The number of nitrogens with one attached hydrogen (secondary N) is 1. The summed E-state index contributed by atoms with van der Waals surface area (Å²) in [6.45, 7) is 4.76. The van der Waals surface area contributed by atoms with E-state index in [2.05, 4.69) is 20.4 Å². The highest BCUT2D eigenvalue weighted by atomic mass is 19.4. The van der Waals surface area contributed by atoms with Gasteiger partial charge in [0.25, 0.3) is 0 Å². The number of carboxylic acids is 2. The molecule has 12 heteroatoms. The molecular weight excluding hydrogens is 433 g/mol. The Hall–Kier alpha value is -3.18. The molecule has 0 aliphatic rings. The Balaban J connectivity index is 0.000000633. The third-order valence-electron chi connectivity index (χ3n) is 4.56. The quantitative estimate of drug-likeness (QED) is 0.425. The number of anilines is 1. The number of hydrogen-bond acceptors (Lipinski definition) is 7. The zero-order valence-electron chi connectivity index (χ0n) is 17.9. The lowest BCUT2D eigenvalue weighted by Crippen LogP contribution is -2.23. The second-order valence-corrected chi connectivity index (χ2v) is 7.42. The van der Waals surface area contributed by atoms with E-state index in [1.807, 2.05) is 32.0 Å². The van der Waals surface area contributed by atoms with Gasteiger partial charge in [0.1, 0.15) is 5.82 Å². The molecule has 0 saturated heterocycles. The fourth-order valence-corrected chi connectivity index (χ4v) is 2.60. The number of rotatable bonds is 11. The number of hydrogen-bond donors (Lipinski definition) is 3.